The molecular formula is C32H20Cl3N3O4S2. The van der Waals surface area contributed by atoms with Crippen LogP contribution in [0.3, 0.4) is 0 Å². The van der Waals surface area contributed by atoms with Gasteiger partial charge in [-0.25, -0.2) is 4.90 Å². The molecule has 7 nitrogen and oxygen atoms in total. The highest BCUT2D eigenvalue weighted by Gasteiger charge is 2.57. The molecule has 1 N–H and O–H groups in total. The molecule has 1 fully saturated rings. The second-order valence-corrected chi connectivity index (χ2v) is 13.7. The van der Waals surface area contributed by atoms with Gasteiger partial charge in [-0.2, -0.15) is 0 Å². The number of benzene rings is 4. The van der Waals surface area contributed by atoms with Crippen molar-refractivity contribution in [3.8, 4) is 0 Å². The summed E-state index contributed by atoms with van der Waals surface area (Å²) < 4.78 is 1.37. The summed E-state index contributed by atoms with van der Waals surface area (Å²) in [5.41, 5.74) is 1.55. The van der Waals surface area contributed by atoms with Gasteiger partial charge in [0.05, 0.1) is 26.7 Å². The Morgan fingerprint density at radius 3 is 2.36 bits per heavy atom. The highest BCUT2D eigenvalue weighted by molar-refractivity contribution is 8.00. The van der Waals surface area contributed by atoms with Gasteiger partial charge in [0.2, 0.25) is 17.7 Å². The van der Waals surface area contributed by atoms with Gasteiger partial charge in [-0.3, -0.25) is 23.7 Å². The van der Waals surface area contributed by atoms with E-state index in [2.05, 4.69) is 5.32 Å². The number of carbonyl (C=O) groups is 3. The van der Waals surface area contributed by atoms with E-state index in [-0.39, 0.29) is 21.5 Å². The summed E-state index contributed by atoms with van der Waals surface area (Å²) in [6.45, 7) is -0.280. The first kappa shape index (κ1) is 29.1. The van der Waals surface area contributed by atoms with Crippen LogP contribution in [0.15, 0.2) is 94.7 Å². The average Bonchev–Trinajstić information content (AvgIpc) is 3.45. The molecular weight excluding hydrogens is 661 g/mol. The van der Waals surface area contributed by atoms with Crippen molar-refractivity contribution in [2.75, 3.05) is 10.2 Å². The Labute approximate surface area is 274 Å². The Balaban J connectivity index is 1.30. The van der Waals surface area contributed by atoms with E-state index in [1.165, 1.54) is 4.57 Å². The molecule has 0 aliphatic carbocycles. The zero-order chi connectivity index (χ0) is 30.7. The lowest BCUT2D eigenvalue weighted by molar-refractivity contribution is -0.122. The molecule has 3 atom stereocenters. The zero-order valence-electron chi connectivity index (χ0n) is 22.5. The molecule has 5 aromatic rings. The molecule has 2 aliphatic rings. The number of hydrogen-bond acceptors (Lipinski definition) is 6. The number of nitrogens with zero attached hydrogens (tertiary/aromatic N) is 2. The van der Waals surface area contributed by atoms with Crippen LogP contribution < -0.4 is 15.1 Å². The number of aromatic nitrogens is 1. The largest absolute Gasteiger partial charge is 0.324 e. The van der Waals surface area contributed by atoms with E-state index in [0.717, 1.165) is 38.8 Å². The topological polar surface area (TPSA) is 88.5 Å². The Morgan fingerprint density at radius 1 is 0.841 bits per heavy atom. The Hall–Kier alpha value is -3.60. The number of hydrogen-bond donors (Lipinski definition) is 1. The van der Waals surface area contributed by atoms with Crippen LogP contribution in [0.25, 0.3) is 10.8 Å². The van der Waals surface area contributed by atoms with E-state index in [4.69, 9.17) is 34.8 Å². The van der Waals surface area contributed by atoms with Gasteiger partial charge in [0.25, 0.3) is 0 Å². The number of halogens is 3. The van der Waals surface area contributed by atoms with Crippen molar-refractivity contribution < 1.29 is 14.4 Å². The lowest BCUT2D eigenvalue weighted by Crippen LogP contribution is -2.33. The van der Waals surface area contributed by atoms with Crippen molar-refractivity contribution >= 4 is 97.8 Å². The summed E-state index contributed by atoms with van der Waals surface area (Å²) in [6.07, 6.45) is 0. The van der Waals surface area contributed by atoms with E-state index in [9.17, 15) is 19.2 Å². The third-order valence-electron chi connectivity index (χ3n) is 7.82. The van der Waals surface area contributed by atoms with Crippen molar-refractivity contribution in [2.45, 2.75) is 22.7 Å². The number of thiazole rings is 1. The van der Waals surface area contributed by atoms with E-state index < -0.39 is 34.8 Å². The van der Waals surface area contributed by atoms with Gasteiger partial charge in [-0.05, 0) is 47.3 Å². The maximum Gasteiger partial charge on any atom is 0.308 e. The number of rotatable bonds is 5. The molecule has 1 aromatic heterocycles. The minimum absolute atomic E-state index is 0.238. The SMILES string of the molecule is O=C(Cn1c2c(sc1=O)[C@H](c1cccc(Cl)c1Cl)C1C(=O)N(c3ccc(Cl)cc3)C(=O)C1S2)Nc1cccc2ccccc12. The number of imide groups is 1. The lowest BCUT2D eigenvalue weighted by atomic mass is 9.83. The van der Waals surface area contributed by atoms with Crippen molar-refractivity contribution in [3.05, 3.63) is 120 Å². The maximum absolute atomic E-state index is 14.0. The number of nitrogens with one attached hydrogen (secondary N) is 1. The Bertz CT molecular complexity index is 2060. The predicted octanol–water partition coefficient (Wildman–Crippen LogP) is 7.46. The summed E-state index contributed by atoms with van der Waals surface area (Å²) in [5, 5.41) is 5.34. The molecule has 1 saturated heterocycles. The van der Waals surface area contributed by atoms with Crippen LogP contribution in [-0.4, -0.2) is 27.5 Å². The maximum atomic E-state index is 14.0. The van der Waals surface area contributed by atoms with E-state index in [1.807, 2.05) is 36.4 Å². The molecule has 7 rings (SSSR count). The third kappa shape index (κ3) is 4.83. The quantitative estimate of drug-likeness (QED) is 0.195. The number of amides is 3. The van der Waals surface area contributed by atoms with Gasteiger partial charge in [-0.1, -0.05) is 106 Å². The smallest absolute Gasteiger partial charge is 0.308 e. The minimum Gasteiger partial charge on any atom is -0.324 e. The second-order valence-electron chi connectivity index (χ2n) is 10.4. The van der Waals surface area contributed by atoms with Gasteiger partial charge < -0.3 is 5.32 Å². The van der Waals surface area contributed by atoms with Gasteiger partial charge >= 0.3 is 4.87 Å². The number of thioether (sulfide) groups is 1. The summed E-state index contributed by atoms with van der Waals surface area (Å²) in [6, 6.07) is 24.8. The monoisotopic (exact) mass is 679 g/mol. The van der Waals surface area contributed by atoms with Gasteiger partial charge in [0, 0.05) is 26.9 Å². The van der Waals surface area contributed by atoms with E-state index in [0.29, 0.717) is 31.9 Å². The summed E-state index contributed by atoms with van der Waals surface area (Å²) >= 11 is 21.2. The fourth-order valence-electron chi connectivity index (χ4n) is 5.86. The first-order valence-corrected chi connectivity index (χ1v) is 16.3. The van der Waals surface area contributed by atoms with Crippen LogP contribution in [0.4, 0.5) is 11.4 Å². The van der Waals surface area contributed by atoms with Crippen LogP contribution in [0.2, 0.25) is 15.1 Å². The Morgan fingerprint density at radius 2 is 1.57 bits per heavy atom. The fraction of sp³-hybridized carbons (Fsp3) is 0.125. The molecule has 2 unspecified atom stereocenters. The van der Waals surface area contributed by atoms with Crippen LogP contribution in [0.1, 0.15) is 16.4 Å². The number of anilines is 2. The highest BCUT2D eigenvalue weighted by Crippen LogP contribution is 2.55. The van der Waals surface area contributed by atoms with Gasteiger partial charge in [0.15, 0.2) is 0 Å². The molecule has 12 heteroatoms. The minimum atomic E-state index is -0.868. The van der Waals surface area contributed by atoms with E-state index in [1.54, 1.807) is 48.5 Å². The second kappa shape index (κ2) is 11.4. The Kier molecular flexibility index (Phi) is 7.54. The lowest BCUT2D eigenvalue weighted by Gasteiger charge is -2.31. The number of fused-ring (bicyclic) bond motifs is 3. The average molecular weight is 681 g/mol. The number of carbonyl (C=O) groups excluding carboxylic acids is 3. The molecule has 0 saturated carbocycles. The fourth-order valence-corrected chi connectivity index (χ4v) is 9.18. The summed E-state index contributed by atoms with van der Waals surface area (Å²) in [5.74, 6) is -2.84. The molecule has 3 amide bonds. The van der Waals surface area contributed by atoms with Crippen LogP contribution in [0.5, 0.6) is 0 Å². The zero-order valence-corrected chi connectivity index (χ0v) is 26.4. The molecule has 0 radical (unpaired) electrons. The van der Waals surface area contributed by atoms with Crippen LogP contribution in [-0.2, 0) is 20.9 Å². The normalized spacial score (nSPS) is 19.2. The molecule has 4 aromatic carbocycles. The first-order chi connectivity index (χ1) is 21.2. The summed E-state index contributed by atoms with van der Waals surface area (Å²) in [4.78, 5) is 56.1. The standard InChI is InChI=1S/C32H20Cl3N3O4S2/c33-17-11-13-18(14-12-17)38-29(40)25-24(20-8-4-9-21(34)26(20)35)28-31(43-27(25)30(38)41)37(32(42)44-28)15-23(39)36-22-10-3-6-16-5-1-2-7-19(16)22/h1-14,24-25,27H,15H2,(H,36,39)/t24-,25?,27?/m1/s1. The van der Waals surface area contributed by atoms with E-state index >= 15 is 0 Å². The van der Waals surface area contributed by atoms with Crippen molar-refractivity contribution in [1.29, 1.82) is 0 Å². The molecule has 2 aliphatic heterocycles. The first-order valence-electron chi connectivity index (χ1n) is 13.5. The van der Waals surface area contributed by atoms with Crippen molar-refractivity contribution in [2.24, 2.45) is 5.92 Å². The molecule has 0 bridgehead atoms. The van der Waals surface area contributed by atoms with Crippen LogP contribution in [0, 0.1) is 5.92 Å². The highest BCUT2D eigenvalue weighted by atomic mass is 35.5. The predicted molar refractivity (Wildman–Crippen MR) is 177 cm³/mol. The molecule has 3 heterocycles. The third-order valence-corrected chi connectivity index (χ3v) is 11.5. The summed E-state index contributed by atoms with van der Waals surface area (Å²) in [7, 11) is 0. The van der Waals surface area contributed by atoms with Crippen molar-refractivity contribution in [3.63, 3.8) is 0 Å². The molecule has 44 heavy (non-hydrogen) atoms. The van der Waals surface area contributed by atoms with Gasteiger partial charge in [0.1, 0.15) is 11.8 Å². The molecule has 220 valence electrons. The van der Waals surface area contributed by atoms with Crippen LogP contribution >= 0.6 is 57.9 Å². The van der Waals surface area contributed by atoms with Crippen molar-refractivity contribution in [1.82, 2.24) is 4.57 Å². The molecule has 0 spiro atoms. The van der Waals surface area contributed by atoms with Gasteiger partial charge in [-0.15, -0.1) is 0 Å².